The summed E-state index contributed by atoms with van der Waals surface area (Å²) in [6, 6.07) is 21.8. The van der Waals surface area contributed by atoms with E-state index in [4.69, 9.17) is 4.74 Å². The number of aromatic hydroxyl groups is 1. The molecular formula is C23H25NO2. The Balaban J connectivity index is 1.52. The fourth-order valence-electron chi connectivity index (χ4n) is 2.94. The van der Waals surface area contributed by atoms with E-state index in [9.17, 15) is 5.11 Å². The molecule has 134 valence electrons. The van der Waals surface area contributed by atoms with Crippen LogP contribution in [0, 0.1) is 13.8 Å². The molecule has 0 aliphatic heterocycles. The maximum atomic E-state index is 10.1. The van der Waals surface area contributed by atoms with Gasteiger partial charge in [-0.1, -0.05) is 48.0 Å². The zero-order valence-corrected chi connectivity index (χ0v) is 15.3. The van der Waals surface area contributed by atoms with Gasteiger partial charge in [-0.05, 0) is 55.7 Å². The van der Waals surface area contributed by atoms with Crippen LogP contribution in [0.5, 0.6) is 11.5 Å². The highest BCUT2D eigenvalue weighted by Crippen LogP contribution is 2.31. The average molecular weight is 347 g/mol. The van der Waals surface area contributed by atoms with Crippen molar-refractivity contribution in [3.8, 4) is 22.6 Å². The van der Waals surface area contributed by atoms with Crippen molar-refractivity contribution in [3.63, 3.8) is 0 Å². The molecule has 0 saturated carbocycles. The number of hydrogen-bond acceptors (Lipinski definition) is 3. The summed E-state index contributed by atoms with van der Waals surface area (Å²) in [7, 11) is 0. The first kappa shape index (κ1) is 17.9. The van der Waals surface area contributed by atoms with Gasteiger partial charge in [-0.3, -0.25) is 0 Å². The maximum Gasteiger partial charge on any atom is 0.123 e. The quantitative estimate of drug-likeness (QED) is 0.434. The summed E-state index contributed by atoms with van der Waals surface area (Å²) < 4.78 is 5.86. The molecule has 0 amide bonds. The molecule has 3 aromatic rings. The van der Waals surface area contributed by atoms with E-state index < -0.39 is 0 Å². The first-order valence-corrected chi connectivity index (χ1v) is 8.96. The predicted molar refractivity (Wildman–Crippen MR) is 108 cm³/mol. The van der Waals surface area contributed by atoms with E-state index in [1.165, 1.54) is 11.1 Å². The third-order valence-corrected chi connectivity index (χ3v) is 4.32. The molecule has 0 spiro atoms. The molecule has 0 saturated heterocycles. The van der Waals surface area contributed by atoms with Gasteiger partial charge in [0, 0.05) is 17.8 Å². The van der Waals surface area contributed by atoms with Crippen molar-refractivity contribution < 1.29 is 9.84 Å². The average Bonchev–Trinajstić information content (AvgIpc) is 2.65. The third-order valence-electron chi connectivity index (χ3n) is 4.32. The third kappa shape index (κ3) is 4.57. The lowest BCUT2D eigenvalue weighted by Gasteiger charge is -2.12. The van der Waals surface area contributed by atoms with Gasteiger partial charge in [0.15, 0.2) is 0 Å². The Labute approximate surface area is 155 Å². The van der Waals surface area contributed by atoms with E-state index >= 15 is 0 Å². The highest BCUT2D eigenvalue weighted by Gasteiger charge is 2.05. The molecule has 0 aliphatic carbocycles. The van der Waals surface area contributed by atoms with Gasteiger partial charge in [0.25, 0.3) is 0 Å². The summed E-state index contributed by atoms with van der Waals surface area (Å²) in [6.45, 7) is 5.63. The van der Waals surface area contributed by atoms with Crippen LogP contribution in [0.25, 0.3) is 11.1 Å². The molecule has 0 fully saturated rings. The smallest absolute Gasteiger partial charge is 0.123 e. The van der Waals surface area contributed by atoms with Gasteiger partial charge in [-0.15, -0.1) is 0 Å². The molecular weight excluding hydrogens is 322 g/mol. The summed E-state index contributed by atoms with van der Waals surface area (Å²) in [5.41, 5.74) is 5.25. The van der Waals surface area contributed by atoms with Gasteiger partial charge < -0.3 is 15.2 Å². The van der Waals surface area contributed by atoms with Crippen molar-refractivity contribution in [2.75, 3.05) is 18.5 Å². The van der Waals surface area contributed by atoms with Crippen molar-refractivity contribution in [2.45, 2.75) is 20.3 Å². The Bertz CT molecular complexity index is 859. The highest BCUT2D eigenvalue weighted by molar-refractivity contribution is 5.74. The van der Waals surface area contributed by atoms with Crippen LogP contribution in [-0.4, -0.2) is 18.3 Å². The molecule has 0 radical (unpaired) electrons. The lowest BCUT2D eigenvalue weighted by Crippen LogP contribution is -2.07. The van der Waals surface area contributed by atoms with E-state index in [0.29, 0.717) is 12.4 Å². The van der Waals surface area contributed by atoms with Crippen LogP contribution in [0.1, 0.15) is 17.5 Å². The van der Waals surface area contributed by atoms with Crippen LogP contribution < -0.4 is 10.1 Å². The van der Waals surface area contributed by atoms with Gasteiger partial charge in [-0.2, -0.15) is 0 Å². The Morgan fingerprint density at radius 3 is 2.50 bits per heavy atom. The Morgan fingerprint density at radius 2 is 1.73 bits per heavy atom. The molecule has 0 bridgehead atoms. The summed E-state index contributed by atoms with van der Waals surface area (Å²) in [5.74, 6) is 1.24. The molecule has 0 aliphatic rings. The van der Waals surface area contributed by atoms with Crippen molar-refractivity contribution >= 4 is 5.69 Å². The van der Waals surface area contributed by atoms with Crippen LogP contribution in [-0.2, 0) is 0 Å². The van der Waals surface area contributed by atoms with Gasteiger partial charge in [0.2, 0.25) is 0 Å². The lowest BCUT2D eigenvalue weighted by molar-refractivity contribution is 0.313. The minimum atomic E-state index is 0.292. The molecule has 3 nitrogen and oxygen atoms in total. The van der Waals surface area contributed by atoms with Crippen LogP contribution in [0.15, 0.2) is 66.7 Å². The second kappa shape index (κ2) is 8.43. The topological polar surface area (TPSA) is 41.5 Å². The Hall–Kier alpha value is -2.94. The monoisotopic (exact) mass is 347 g/mol. The molecule has 0 aromatic heterocycles. The van der Waals surface area contributed by atoms with E-state index in [0.717, 1.165) is 35.5 Å². The largest absolute Gasteiger partial charge is 0.507 e. The summed E-state index contributed by atoms with van der Waals surface area (Å²) in [4.78, 5) is 0. The summed E-state index contributed by atoms with van der Waals surface area (Å²) in [6.07, 6.45) is 0.898. The number of rotatable bonds is 7. The molecule has 3 heteroatoms. The number of ether oxygens (including phenoxy) is 1. The first-order chi connectivity index (χ1) is 12.6. The zero-order chi connectivity index (χ0) is 18.4. The molecule has 26 heavy (non-hydrogen) atoms. The standard InChI is InChI=1S/C23H25NO2/c1-17-9-12-23(18(2)15-17)26-14-6-13-24-20-10-11-22(25)21(16-20)19-7-4-3-5-8-19/h3-5,7-12,15-16,24-25H,6,13-14H2,1-2H3. The molecule has 0 heterocycles. The second-order valence-electron chi connectivity index (χ2n) is 6.50. The lowest BCUT2D eigenvalue weighted by atomic mass is 10.0. The summed E-state index contributed by atoms with van der Waals surface area (Å²) >= 11 is 0. The highest BCUT2D eigenvalue weighted by atomic mass is 16.5. The number of nitrogens with one attached hydrogen (secondary N) is 1. The number of aryl methyl sites for hydroxylation is 2. The SMILES string of the molecule is Cc1ccc(OCCCNc2ccc(O)c(-c3ccccc3)c2)c(C)c1. The number of benzene rings is 3. The van der Waals surface area contributed by atoms with Crippen molar-refractivity contribution in [1.29, 1.82) is 0 Å². The molecule has 3 rings (SSSR count). The van der Waals surface area contributed by atoms with E-state index in [1.807, 2.05) is 48.5 Å². The second-order valence-corrected chi connectivity index (χ2v) is 6.50. The van der Waals surface area contributed by atoms with E-state index in [-0.39, 0.29) is 0 Å². The van der Waals surface area contributed by atoms with Crippen molar-refractivity contribution in [3.05, 3.63) is 77.9 Å². The minimum Gasteiger partial charge on any atom is -0.507 e. The fourth-order valence-corrected chi connectivity index (χ4v) is 2.94. The van der Waals surface area contributed by atoms with E-state index in [1.54, 1.807) is 6.07 Å². The van der Waals surface area contributed by atoms with Crippen molar-refractivity contribution in [2.24, 2.45) is 0 Å². The number of anilines is 1. The molecule has 2 N–H and O–H groups in total. The number of hydrogen-bond donors (Lipinski definition) is 2. The van der Waals surface area contributed by atoms with E-state index in [2.05, 4.69) is 31.3 Å². The number of phenols is 1. The number of phenolic OH excluding ortho intramolecular Hbond substituents is 1. The zero-order valence-electron chi connectivity index (χ0n) is 15.3. The maximum absolute atomic E-state index is 10.1. The van der Waals surface area contributed by atoms with Crippen LogP contribution in [0.4, 0.5) is 5.69 Å². The molecule has 3 aromatic carbocycles. The van der Waals surface area contributed by atoms with Crippen molar-refractivity contribution in [1.82, 2.24) is 0 Å². The van der Waals surface area contributed by atoms with Gasteiger partial charge in [0.1, 0.15) is 11.5 Å². The summed E-state index contributed by atoms with van der Waals surface area (Å²) in [5, 5.41) is 13.5. The van der Waals surface area contributed by atoms with Crippen LogP contribution >= 0.6 is 0 Å². The van der Waals surface area contributed by atoms with Crippen LogP contribution in [0.2, 0.25) is 0 Å². The van der Waals surface area contributed by atoms with Gasteiger partial charge in [-0.25, -0.2) is 0 Å². The van der Waals surface area contributed by atoms with Gasteiger partial charge in [0.05, 0.1) is 6.61 Å². The normalized spacial score (nSPS) is 10.5. The predicted octanol–water partition coefficient (Wildman–Crippen LogP) is 5.56. The fraction of sp³-hybridized carbons (Fsp3) is 0.217. The first-order valence-electron chi connectivity index (χ1n) is 8.96. The Kier molecular flexibility index (Phi) is 5.80. The van der Waals surface area contributed by atoms with Crippen LogP contribution in [0.3, 0.4) is 0 Å². The minimum absolute atomic E-state index is 0.292. The Morgan fingerprint density at radius 1 is 0.923 bits per heavy atom. The molecule has 0 unspecified atom stereocenters. The molecule has 0 atom stereocenters. The van der Waals surface area contributed by atoms with Gasteiger partial charge >= 0.3 is 0 Å².